The van der Waals surface area contributed by atoms with Gasteiger partial charge in [-0.15, -0.1) is 11.6 Å². The minimum absolute atomic E-state index is 0.125. The highest BCUT2D eigenvalue weighted by molar-refractivity contribution is 6.30. The fraction of sp³-hybridized carbons (Fsp3) is 0.200. The lowest BCUT2D eigenvalue weighted by Gasteiger charge is -2.15. The molecule has 0 fully saturated rings. The first-order valence-electron chi connectivity index (χ1n) is 5.85. The van der Waals surface area contributed by atoms with Crippen LogP contribution in [0.2, 0.25) is 10.0 Å². The molecule has 0 nitrogen and oxygen atoms in total. The Kier molecular flexibility index (Phi) is 5.09. The molecule has 0 aliphatic carbocycles. The van der Waals surface area contributed by atoms with Gasteiger partial charge in [-0.1, -0.05) is 41.4 Å². The quantitative estimate of drug-likeness (QED) is 0.635. The van der Waals surface area contributed by atoms with Crippen LogP contribution in [0, 0.1) is 5.82 Å². The third-order valence-corrected chi connectivity index (χ3v) is 3.92. The van der Waals surface area contributed by atoms with Gasteiger partial charge in [0.25, 0.3) is 0 Å². The molecule has 1 atom stereocenters. The Balaban J connectivity index is 2.18. The number of halogens is 4. The highest BCUT2D eigenvalue weighted by Gasteiger charge is 2.12. The Bertz CT molecular complexity index is 552. The minimum Gasteiger partial charge on any atom is -0.205 e. The summed E-state index contributed by atoms with van der Waals surface area (Å²) in [7, 11) is 0. The monoisotopic (exact) mass is 316 g/mol. The van der Waals surface area contributed by atoms with Gasteiger partial charge in [0.1, 0.15) is 5.82 Å². The molecule has 2 aromatic rings. The lowest BCUT2D eigenvalue weighted by molar-refractivity contribution is 0.623. The van der Waals surface area contributed by atoms with Crippen molar-refractivity contribution in [3.63, 3.8) is 0 Å². The summed E-state index contributed by atoms with van der Waals surface area (Å²) in [6.07, 6.45) is 0.666. The van der Waals surface area contributed by atoms with E-state index >= 15 is 0 Å². The maximum absolute atomic E-state index is 13.4. The number of alkyl halides is 1. The topological polar surface area (TPSA) is 0 Å². The molecule has 0 spiro atoms. The number of rotatable bonds is 4. The number of hydrogen-bond acceptors (Lipinski definition) is 0. The molecule has 0 saturated heterocycles. The molecule has 0 radical (unpaired) electrons. The molecular weight excluding hydrogens is 306 g/mol. The number of benzene rings is 2. The molecule has 0 bridgehead atoms. The zero-order valence-corrected chi connectivity index (χ0v) is 12.3. The van der Waals surface area contributed by atoms with Crippen molar-refractivity contribution < 1.29 is 4.39 Å². The van der Waals surface area contributed by atoms with E-state index in [1.54, 1.807) is 6.07 Å². The van der Waals surface area contributed by atoms with Gasteiger partial charge in [0.15, 0.2) is 0 Å². The molecule has 4 heteroatoms. The molecule has 0 aliphatic heterocycles. The lowest BCUT2D eigenvalue weighted by atomic mass is 9.93. The van der Waals surface area contributed by atoms with Crippen molar-refractivity contribution in [3.05, 3.63) is 69.5 Å². The van der Waals surface area contributed by atoms with Gasteiger partial charge in [0.2, 0.25) is 0 Å². The highest BCUT2D eigenvalue weighted by Crippen LogP contribution is 2.25. The smallest absolute Gasteiger partial charge is 0.142 e. The van der Waals surface area contributed by atoms with Crippen molar-refractivity contribution in [2.45, 2.75) is 12.3 Å². The maximum atomic E-state index is 13.4. The first-order chi connectivity index (χ1) is 9.10. The zero-order valence-electron chi connectivity index (χ0n) is 10.0. The fourth-order valence-corrected chi connectivity index (χ4v) is 2.48. The molecule has 2 aromatic carbocycles. The van der Waals surface area contributed by atoms with Gasteiger partial charge >= 0.3 is 0 Å². The third kappa shape index (κ3) is 3.85. The molecule has 0 aliphatic rings. The van der Waals surface area contributed by atoms with E-state index in [4.69, 9.17) is 34.8 Å². The summed E-state index contributed by atoms with van der Waals surface area (Å²) in [5.41, 5.74) is 1.97. The molecule has 0 saturated carbocycles. The van der Waals surface area contributed by atoms with E-state index < -0.39 is 5.82 Å². The van der Waals surface area contributed by atoms with E-state index in [-0.39, 0.29) is 10.9 Å². The van der Waals surface area contributed by atoms with Crippen LogP contribution in [0.4, 0.5) is 4.39 Å². The van der Waals surface area contributed by atoms with Crippen LogP contribution in [0.25, 0.3) is 0 Å². The van der Waals surface area contributed by atoms with Gasteiger partial charge in [0.05, 0.1) is 5.02 Å². The summed E-state index contributed by atoms with van der Waals surface area (Å²) >= 11 is 17.5. The molecule has 0 amide bonds. The Morgan fingerprint density at radius 2 is 1.68 bits per heavy atom. The molecule has 0 aromatic heterocycles. The third-order valence-electron chi connectivity index (χ3n) is 2.99. The van der Waals surface area contributed by atoms with Crippen LogP contribution in [0.15, 0.2) is 42.5 Å². The van der Waals surface area contributed by atoms with Gasteiger partial charge in [-0.2, -0.15) is 0 Å². The molecule has 2 rings (SSSR count). The van der Waals surface area contributed by atoms with Crippen LogP contribution in [0.1, 0.15) is 17.0 Å². The Labute approximate surface area is 127 Å². The van der Waals surface area contributed by atoms with Crippen LogP contribution in [-0.2, 0) is 6.42 Å². The predicted molar refractivity (Wildman–Crippen MR) is 80.0 cm³/mol. The Morgan fingerprint density at radius 3 is 2.26 bits per heavy atom. The summed E-state index contributed by atoms with van der Waals surface area (Å²) < 4.78 is 13.4. The van der Waals surface area contributed by atoms with Crippen LogP contribution in [-0.4, -0.2) is 5.88 Å². The van der Waals surface area contributed by atoms with Gasteiger partial charge in [0, 0.05) is 16.8 Å². The summed E-state index contributed by atoms with van der Waals surface area (Å²) in [4.78, 5) is 0. The average molecular weight is 318 g/mol. The van der Waals surface area contributed by atoms with Crippen LogP contribution < -0.4 is 0 Å². The largest absolute Gasteiger partial charge is 0.205 e. The van der Waals surface area contributed by atoms with Crippen LogP contribution in [0.3, 0.4) is 0 Å². The van der Waals surface area contributed by atoms with Crippen molar-refractivity contribution in [1.29, 1.82) is 0 Å². The summed E-state index contributed by atoms with van der Waals surface area (Å²) in [5, 5.41) is 0.826. The van der Waals surface area contributed by atoms with Crippen molar-refractivity contribution >= 4 is 34.8 Å². The number of hydrogen-bond donors (Lipinski definition) is 0. The lowest BCUT2D eigenvalue weighted by Crippen LogP contribution is -2.05. The second-order valence-electron chi connectivity index (χ2n) is 4.36. The first kappa shape index (κ1) is 14.6. The predicted octanol–water partition coefficient (Wildman–Crippen LogP) is 5.70. The fourth-order valence-electron chi connectivity index (χ4n) is 1.95. The van der Waals surface area contributed by atoms with Gasteiger partial charge in [-0.3, -0.25) is 0 Å². The second kappa shape index (κ2) is 6.60. The summed E-state index contributed by atoms with van der Waals surface area (Å²) in [5.74, 6) is 0.189. The van der Waals surface area contributed by atoms with E-state index in [1.165, 1.54) is 6.07 Å². The van der Waals surface area contributed by atoms with Crippen molar-refractivity contribution in [2.75, 3.05) is 5.88 Å². The van der Waals surface area contributed by atoms with Crippen molar-refractivity contribution in [3.8, 4) is 0 Å². The zero-order chi connectivity index (χ0) is 13.8. The molecule has 1 unspecified atom stereocenters. The summed E-state index contributed by atoms with van der Waals surface area (Å²) in [6, 6.07) is 12.4. The van der Waals surface area contributed by atoms with E-state index in [1.807, 2.05) is 30.3 Å². The van der Waals surface area contributed by atoms with Crippen molar-refractivity contribution in [1.82, 2.24) is 0 Å². The van der Waals surface area contributed by atoms with Gasteiger partial charge < -0.3 is 0 Å². The van der Waals surface area contributed by atoms with Crippen LogP contribution >= 0.6 is 34.8 Å². The molecular formula is C15H12Cl3F. The highest BCUT2D eigenvalue weighted by atomic mass is 35.5. The minimum atomic E-state index is -0.399. The van der Waals surface area contributed by atoms with E-state index in [0.717, 1.165) is 11.1 Å². The SMILES string of the molecule is Fc1cc(CC(CCl)c2ccc(Cl)cc2)ccc1Cl. The molecule has 19 heavy (non-hydrogen) atoms. The van der Waals surface area contributed by atoms with Crippen LogP contribution in [0.5, 0.6) is 0 Å². The Morgan fingerprint density at radius 1 is 1.00 bits per heavy atom. The maximum Gasteiger partial charge on any atom is 0.142 e. The van der Waals surface area contributed by atoms with Gasteiger partial charge in [-0.05, 0) is 41.8 Å². The van der Waals surface area contributed by atoms with E-state index in [2.05, 4.69) is 0 Å². The standard InChI is InChI=1S/C15H12Cl3F/c16-9-12(11-2-4-13(17)5-3-11)7-10-1-6-14(18)15(19)8-10/h1-6,8,12H,7,9H2. The van der Waals surface area contributed by atoms with Crippen molar-refractivity contribution in [2.24, 2.45) is 0 Å². The Hall–Kier alpha value is -0.760. The molecule has 0 N–H and O–H groups in total. The first-order valence-corrected chi connectivity index (χ1v) is 7.14. The average Bonchev–Trinajstić information content (AvgIpc) is 2.41. The summed E-state index contributed by atoms with van der Waals surface area (Å²) in [6.45, 7) is 0. The van der Waals surface area contributed by atoms with Gasteiger partial charge in [-0.25, -0.2) is 4.39 Å². The normalized spacial score (nSPS) is 12.4. The molecule has 100 valence electrons. The second-order valence-corrected chi connectivity index (χ2v) is 5.51. The van der Waals surface area contributed by atoms with E-state index in [9.17, 15) is 4.39 Å². The molecule has 0 heterocycles. The van der Waals surface area contributed by atoms with E-state index in [0.29, 0.717) is 17.3 Å².